The van der Waals surface area contributed by atoms with E-state index in [2.05, 4.69) is 16.6 Å². The van der Waals surface area contributed by atoms with Crippen molar-refractivity contribution in [2.24, 2.45) is 0 Å². The Hall–Kier alpha value is -1.41. The molecule has 0 saturated heterocycles. The fourth-order valence-corrected chi connectivity index (χ4v) is 0.318. The van der Waals surface area contributed by atoms with Crippen LogP contribution < -0.4 is 0 Å². The van der Waals surface area contributed by atoms with Crippen molar-refractivity contribution in [2.45, 2.75) is 13.3 Å². The molecule has 0 unspecified atom stereocenters. The Kier molecular flexibility index (Phi) is 4.91. The number of ether oxygens (including phenoxy) is 1. The molecule has 0 aliphatic heterocycles. The van der Waals surface area contributed by atoms with Crippen molar-refractivity contribution in [3.63, 3.8) is 0 Å². The van der Waals surface area contributed by atoms with Gasteiger partial charge >= 0.3 is 5.97 Å². The SMILES string of the molecule is C#CC#CC(=O)OCCC. The van der Waals surface area contributed by atoms with Crippen LogP contribution in [0.1, 0.15) is 13.3 Å². The quantitative estimate of drug-likeness (QED) is 0.315. The molecular weight excluding hydrogens is 128 g/mol. The predicted molar refractivity (Wildman–Crippen MR) is 37.9 cm³/mol. The topological polar surface area (TPSA) is 26.3 Å². The molecule has 2 nitrogen and oxygen atoms in total. The first-order valence-corrected chi connectivity index (χ1v) is 2.94. The van der Waals surface area contributed by atoms with Crippen molar-refractivity contribution in [1.82, 2.24) is 0 Å². The molecule has 0 radical (unpaired) electrons. The number of hydrogen-bond donors (Lipinski definition) is 0. The maximum absolute atomic E-state index is 10.5. The number of rotatable bonds is 2. The van der Waals surface area contributed by atoms with Crippen LogP contribution in [0.2, 0.25) is 0 Å². The first-order chi connectivity index (χ1) is 4.81. The summed E-state index contributed by atoms with van der Waals surface area (Å²) in [6, 6.07) is 0. The van der Waals surface area contributed by atoms with E-state index < -0.39 is 5.97 Å². The highest BCUT2D eigenvalue weighted by Crippen LogP contribution is 1.79. The van der Waals surface area contributed by atoms with Crippen LogP contribution in [-0.2, 0) is 9.53 Å². The molecule has 0 heterocycles. The minimum atomic E-state index is -0.556. The summed E-state index contributed by atoms with van der Waals surface area (Å²) in [5.74, 6) is 5.74. The van der Waals surface area contributed by atoms with Gasteiger partial charge in [-0.3, -0.25) is 0 Å². The maximum Gasteiger partial charge on any atom is 0.385 e. The summed E-state index contributed by atoms with van der Waals surface area (Å²) in [7, 11) is 0. The summed E-state index contributed by atoms with van der Waals surface area (Å²) in [5.41, 5.74) is 0. The highest BCUT2D eigenvalue weighted by molar-refractivity contribution is 5.89. The monoisotopic (exact) mass is 136 g/mol. The Morgan fingerprint density at radius 1 is 1.70 bits per heavy atom. The number of terminal acetylenes is 1. The van der Waals surface area contributed by atoms with Crippen LogP contribution in [-0.4, -0.2) is 12.6 Å². The van der Waals surface area contributed by atoms with E-state index in [0.717, 1.165) is 6.42 Å². The van der Waals surface area contributed by atoms with Gasteiger partial charge in [0, 0.05) is 5.92 Å². The molecule has 10 heavy (non-hydrogen) atoms. The van der Waals surface area contributed by atoms with E-state index in [1.165, 1.54) is 0 Å². The van der Waals surface area contributed by atoms with Gasteiger partial charge in [-0.05, 0) is 18.3 Å². The lowest BCUT2D eigenvalue weighted by Gasteiger charge is -1.93. The summed E-state index contributed by atoms with van der Waals surface area (Å²) in [4.78, 5) is 10.5. The smallest absolute Gasteiger partial charge is 0.385 e. The molecule has 0 aromatic heterocycles. The second-order valence-electron chi connectivity index (χ2n) is 1.53. The number of esters is 1. The van der Waals surface area contributed by atoms with Gasteiger partial charge < -0.3 is 4.74 Å². The van der Waals surface area contributed by atoms with Gasteiger partial charge in [0.1, 0.15) is 0 Å². The number of carbonyl (C=O) groups is 1. The largest absolute Gasteiger partial charge is 0.456 e. The minimum Gasteiger partial charge on any atom is -0.456 e. The first-order valence-electron chi connectivity index (χ1n) is 2.94. The average molecular weight is 136 g/mol. The third-order valence-electron chi connectivity index (χ3n) is 0.674. The van der Waals surface area contributed by atoms with Crippen LogP contribution >= 0.6 is 0 Å². The second kappa shape index (κ2) is 5.72. The molecule has 0 bridgehead atoms. The third kappa shape index (κ3) is 4.74. The summed E-state index contributed by atoms with van der Waals surface area (Å²) >= 11 is 0. The fourth-order valence-electron chi connectivity index (χ4n) is 0.318. The molecule has 0 saturated carbocycles. The van der Waals surface area contributed by atoms with Crippen LogP contribution in [0.5, 0.6) is 0 Å². The van der Waals surface area contributed by atoms with Gasteiger partial charge in [0.05, 0.1) is 6.61 Å². The van der Waals surface area contributed by atoms with Crippen LogP contribution in [0.4, 0.5) is 0 Å². The van der Waals surface area contributed by atoms with Gasteiger partial charge in [0.2, 0.25) is 0 Å². The highest BCUT2D eigenvalue weighted by Gasteiger charge is 1.91. The highest BCUT2D eigenvalue weighted by atomic mass is 16.5. The fraction of sp³-hybridized carbons (Fsp3) is 0.375. The van der Waals surface area contributed by atoms with Crippen molar-refractivity contribution in [3.8, 4) is 24.2 Å². The minimum absolute atomic E-state index is 0.401. The molecule has 0 fully saturated rings. The molecule has 0 N–H and O–H groups in total. The maximum atomic E-state index is 10.5. The van der Waals surface area contributed by atoms with Gasteiger partial charge in [-0.2, -0.15) is 0 Å². The van der Waals surface area contributed by atoms with Gasteiger partial charge in [0.25, 0.3) is 0 Å². The van der Waals surface area contributed by atoms with Crippen molar-refractivity contribution >= 4 is 5.97 Å². The lowest BCUT2D eigenvalue weighted by Crippen LogP contribution is -2.01. The number of carbonyl (C=O) groups excluding carboxylic acids is 1. The van der Waals surface area contributed by atoms with Crippen LogP contribution in [0.3, 0.4) is 0 Å². The van der Waals surface area contributed by atoms with Gasteiger partial charge in [-0.1, -0.05) is 6.92 Å². The van der Waals surface area contributed by atoms with Crippen molar-refractivity contribution in [3.05, 3.63) is 0 Å². The summed E-state index contributed by atoms with van der Waals surface area (Å²) < 4.78 is 4.59. The molecule has 0 aliphatic rings. The predicted octanol–water partition coefficient (Wildman–Crippen LogP) is 0.576. The standard InChI is InChI=1S/C8H8O2/c1-3-5-6-8(9)10-7-4-2/h1H,4,7H2,2H3. The van der Waals surface area contributed by atoms with E-state index in [9.17, 15) is 4.79 Å². The van der Waals surface area contributed by atoms with Gasteiger partial charge in [-0.15, -0.1) is 6.42 Å². The molecule has 0 spiro atoms. The Labute approximate surface area is 60.6 Å². The first kappa shape index (κ1) is 8.59. The Balaban J connectivity index is 3.56. The van der Waals surface area contributed by atoms with Crippen LogP contribution in [0.15, 0.2) is 0 Å². The lowest BCUT2D eigenvalue weighted by molar-refractivity contribution is -0.136. The van der Waals surface area contributed by atoms with E-state index in [0.29, 0.717) is 6.61 Å². The lowest BCUT2D eigenvalue weighted by atomic mass is 10.5. The van der Waals surface area contributed by atoms with Gasteiger partial charge in [-0.25, -0.2) is 4.79 Å². The second-order valence-corrected chi connectivity index (χ2v) is 1.53. The summed E-state index contributed by atoms with van der Waals surface area (Å²) in [6.45, 7) is 2.31. The summed E-state index contributed by atoms with van der Waals surface area (Å²) in [5, 5.41) is 0. The van der Waals surface area contributed by atoms with Crippen molar-refractivity contribution < 1.29 is 9.53 Å². The zero-order valence-corrected chi connectivity index (χ0v) is 5.81. The molecule has 0 rings (SSSR count). The molecule has 0 aromatic carbocycles. The Morgan fingerprint density at radius 3 is 2.90 bits per heavy atom. The summed E-state index contributed by atoms with van der Waals surface area (Å²) in [6.07, 6.45) is 5.57. The van der Waals surface area contributed by atoms with E-state index in [1.807, 2.05) is 12.8 Å². The van der Waals surface area contributed by atoms with Crippen molar-refractivity contribution in [1.29, 1.82) is 0 Å². The molecule has 0 atom stereocenters. The number of hydrogen-bond acceptors (Lipinski definition) is 2. The molecule has 2 heteroatoms. The van der Waals surface area contributed by atoms with E-state index in [-0.39, 0.29) is 0 Å². The van der Waals surface area contributed by atoms with E-state index in [1.54, 1.807) is 0 Å². The Morgan fingerprint density at radius 2 is 2.40 bits per heavy atom. The third-order valence-corrected chi connectivity index (χ3v) is 0.674. The van der Waals surface area contributed by atoms with E-state index in [4.69, 9.17) is 6.42 Å². The molecule has 52 valence electrons. The van der Waals surface area contributed by atoms with Crippen molar-refractivity contribution in [2.75, 3.05) is 6.61 Å². The van der Waals surface area contributed by atoms with Crippen LogP contribution in [0, 0.1) is 24.2 Å². The average Bonchev–Trinajstić information content (AvgIpc) is 1.97. The van der Waals surface area contributed by atoms with Crippen LogP contribution in [0.25, 0.3) is 0 Å². The Bertz CT molecular complexity index is 200. The molecule has 0 amide bonds. The van der Waals surface area contributed by atoms with Gasteiger partial charge in [0.15, 0.2) is 0 Å². The zero-order valence-electron chi connectivity index (χ0n) is 5.81. The van der Waals surface area contributed by atoms with E-state index >= 15 is 0 Å². The molecular formula is C8H8O2. The molecule has 0 aliphatic carbocycles. The molecule has 0 aromatic rings. The zero-order chi connectivity index (χ0) is 7.82. The normalized spacial score (nSPS) is 6.80.